The molecule has 3 aromatic rings. The maximum atomic E-state index is 13.9. The summed E-state index contributed by atoms with van der Waals surface area (Å²) in [5.74, 6) is -1.42. The third-order valence-electron chi connectivity index (χ3n) is 3.60. The molecule has 128 valence electrons. The Morgan fingerprint density at radius 1 is 1.20 bits per heavy atom. The second kappa shape index (κ2) is 6.63. The van der Waals surface area contributed by atoms with Gasteiger partial charge in [0.2, 0.25) is 0 Å². The fourth-order valence-corrected chi connectivity index (χ4v) is 2.32. The van der Waals surface area contributed by atoms with Crippen LogP contribution in [0.3, 0.4) is 0 Å². The van der Waals surface area contributed by atoms with Crippen LogP contribution < -0.4 is 9.64 Å². The fraction of sp³-hybridized carbons (Fsp3) is 0.125. The van der Waals surface area contributed by atoms with Crippen molar-refractivity contribution in [3.8, 4) is 11.4 Å². The normalized spacial score (nSPS) is 10.6. The van der Waals surface area contributed by atoms with E-state index < -0.39 is 17.5 Å². The zero-order valence-electron chi connectivity index (χ0n) is 13.3. The molecule has 25 heavy (non-hydrogen) atoms. The molecule has 7 nitrogen and oxygen atoms in total. The van der Waals surface area contributed by atoms with Gasteiger partial charge in [0.1, 0.15) is 29.4 Å². The third-order valence-corrected chi connectivity index (χ3v) is 3.60. The minimum absolute atomic E-state index is 0.162. The monoisotopic (exact) mass is 345 g/mol. The average Bonchev–Trinajstić information content (AvgIpc) is 3.16. The molecule has 0 aliphatic heterocycles. The van der Waals surface area contributed by atoms with Gasteiger partial charge in [-0.05, 0) is 40.8 Å². The molecule has 0 aliphatic carbocycles. The number of halogens is 2. The molecule has 0 fully saturated rings. The van der Waals surface area contributed by atoms with Crippen LogP contribution >= 0.6 is 0 Å². The summed E-state index contributed by atoms with van der Waals surface area (Å²) in [5, 5.41) is 10.9. The highest BCUT2D eigenvalue weighted by Crippen LogP contribution is 2.26. The predicted octanol–water partition coefficient (Wildman–Crippen LogP) is 2.23. The van der Waals surface area contributed by atoms with Crippen molar-refractivity contribution in [1.82, 2.24) is 20.2 Å². The lowest BCUT2D eigenvalue weighted by molar-refractivity contribution is 0.0992. The number of nitrogens with zero attached hydrogens (tertiary/aromatic N) is 5. The Kier molecular flexibility index (Phi) is 4.38. The second-order valence-electron chi connectivity index (χ2n) is 5.10. The molecule has 1 amide bonds. The van der Waals surface area contributed by atoms with Crippen LogP contribution in [0.2, 0.25) is 0 Å². The SMILES string of the molecule is COc1ccc(C(=O)N(C)c2cc(F)ccc2F)cc1-n1cnnn1. The van der Waals surface area contributed by atoms with Gasteiger partial charge in [0.15, 0.2) is 0 Å². The molecule has 0 atom stereocenters. The fourth-order valence-electron chi connectivity index (χ4n) is 2.32. The summed E-state index contributed by atoms with van der Waals surface area (Å²) in [6.07, 6.45) is 1.35. The lowest BCUT2D eigenvalue weighted by Crippen LogP contribution is -2.27. The Morgan fingerprint density at radius 2 is 2.00 bits per heavy atom. The summed E-state index contributed by atoms with van der Waals surface area (Å²) in [4.78, 5) is 13.7. The van der Waals surface area contributed by atoms with Crippen LogP contribution in [0.4, 0.5) is 14.5 Å². The van der Waals surface area contributed by atoms with E-state index in [0.29, 0.717) is 11.4 Å². The van der Waals surface area contributed by atoms with Crippen molar-refractivity contribution in [1.29, 1.82) is 0 Å². The molecule has 0 spiro atoms. The molecule has 0 radical (unpaired) electrons. The van der Waals surface area contributed by atoms with Gasteiger partial charge in [0, 0.05) is 18.7 Å². The standard InChI is InChI=1S/C16H13F2N5O2/c1-22(13-8-11(17)4-5-12(13)18)16(24)10-3-6-15(25-2)14(7-10)23-9-19-20-21-23/h3-9H,1-2H3. The van der Waals surface area contributed by atoms with E-state index in [1.807, 2.05) is 0 Å². The van der Waals surface area contributed by atoms with E-state index in [1.165, 1.54) is 37.3 Å². The molecule has 0 bridgehead atoms. The number of benzene rings is 2. The number of tetrazole rings is 1. The van der Waals surface area contributed by atoms with Crippen molar-refractivity contribution in [3.63, 3.8) is 0 Å². The maximum Gasteiger partial charge on any atom is 0.258 e. The Labute approximate surface area is 141 Å². The number of methoxy groups -OCH3 is 1. The molecule has 0 saturated carbocycles. The van der Waals surface area contributed by atoms with Crippen molar-refractivity contribution >= 4 is 11.6 Å². The summed E-state index contributed by atoms with van der Waals surface area (Å²) < 4.78 is 33.8. The van der Waals surface area contributed by atoms with E-state index in [0.717, 1.165) is 23.1 Å². The first-order valence-electron chi connectivity index (χ1n) is 7.15. The summed E-state index contributed by atoms with van der Waals surface area (Å²) >= 11 is 0. The highest BCUT2D eigenvalue weighted by Gasteiger charge is 2.19. The first-order chi connectivity index (χ1) is 12.0. The van der Waals surface area contributed by atoms with Crippen LogP contribution in [-0.2, 0) is 0 Å². The zero-order chi connectivity index (χ0) is 18.0. The second-order valence-corrected chi connectivity index (χ2v) is 5.10. The minimum Gasteiger partial charge on any atom is -0.494 e. The lowest BCUT2D eigenvalue weighted by atomic mass is 10.1. The van der Waals surface area contributed by atoms with Gasteiger partial charge in [0.25, 0.3) is 5.91 Å². The third kappa shape index (κ3) is 3.16. The first-order valence-corrected chi connectivity index (χ1v) is 7.15. The van der Waals surface area contributed by atoms with Crippen molar-refractivity contribution < 1.29 is 18.3 Å². The Bertz CT molecular complexity index is 915. The largest absolute Gasteiger partial charge is 0.494 e. The Hall–Kier alpha value is -3.36. The van der Waals surface area contributed by atoms with Gasteiger partial charge in [-0.25, -0.2) is 8.78 Å². The van der Waals surface area contributed by atoms with Gasteiger partial charge >= 0.3 is 0 Å². The number of hydrogen-bond acceptors (Lipinski definition) is 5. The van der Waals surface area contributed by atoms with Crippen LogP contribution in [0, 0.1) is 11.6 Å². The molecule has 2 aromatic carbocycles. The summed E-state index contributed by atoms with van der Waals surface area (Å²) in [7, 11) is 2.83. The molecule has 0 aliphatic rings. The summed E-state index contributed by atoms with van der Waals surface area (Å²) in [6, 6.07) is 7.50. The van der Waals surface area contributed by atoms with Crippen LogP contribution in [0.25, 0.3) is 5.69 Å². The Morgan fingerprint density at radius 3 is 2.68 bits per heavy atom. The van der Waals surface area contributed by atoms with E-state index in [2.05, 4.69) is 15.5 Å². The van der Waals surface area contributed by atoms with Gasteiger partial charge in [0.05, 0.1) is 12.8 Å². The molecule has 0 saturated heterocycles. The first kappa shape index (κ1) is 16.5. The highest BCUT2D eigenvalue weighted by atomic mass is 19.1. The van der Waals surface area contributed by atoms with Gasteiger partial charge in [-0.15, -0.1) is 5.10 Å². The number of carbonyl (C=O) groups is 1. The van der Waals surface area contributed by atoms with Crippen LogP contribution in [0.5, 0.6) is 5.75 Å². The van der Waals surface area contributed by atoms with Crippen molar-refractivity contribution in [2.75, 3.05) is 19.1 Å². The molecule has 1 heterocycles. The molecular weight excluding hydrogens is 332 g/mol. The van der Waals surface area contributed by atoms with Crippen LogP contribution in [-0.4, -0.2) is 40.3 Å². The number of carbonyl (C=O) groups excluding carboxylic acids is 1. The van der Waals surface area contributed by atoms with Crippen LogP contribution in [0.15, 0.2) is 42.7 Å². The molecule has 0 N–H and O–H groups in total. The minimum atomic E-state index is -0.702. The van der Waals surface area contributed by atoms with Crippen LogP contribution in [0.1, 0.15) is 10.4 Å². The average molecular weight is 345 g/mol. The predicted molar refractivity (Wildman–Crippen MR) is 84.8 cm³/mol. The van der Waals surface area contributed by atoms with E-state index in [-0.39, 0.29) is 11.3 Å². The molecule has 0 unspecified atom stereocenters. The quantitative estimate of drug-likeness (QED) is 0.725. The zero-order valence-corrected chi connectivity index (χ0v) is 13.3. The smallest absolute Gasteiger partial charge is 0.258 e. The summed E-state index contributed by atoms with van der Waals surface area (Å²) in [5.41, 5.74) is 0.508. The van der Waals surface area contributed by atoms with Gasteiger partial charge in [-0.2, -0.15) is 4.68 Å². The summed E-state index contributed by atoms with van der Waals surface area (Å²) in [6.45, 7) is 0. The van der Waals surface area contributed by atoms with E-state index in [1.54, 1.807) is 6.07 Å². The van der Waals surface area contributed by atoms with Crippen molar-refractivity contribution in [2.45, 2.75) is 0 Å². The molecule has 3 rings (SSSR count). The number of hydrogen-bond donors (Lipinski definition) is 0. The molecular formula is C16H13F2N5O2. The number of rotatable bonds is 4. The van der Waals surface area contributed by atoms with E-state index >= 15 is 0 Å². The van der Waals surface area contributed by atoms with Gasteiger partial charge in [-0.3, -0.25) is 4.79 Å². The number of aromatic nitrogens is 4. The number of ether oxygens (including phenoxy) is 1. The topological polar surface area (TPSA) is 73.1 Å². The Balaban J connectivity index is 2.00. The van der Waals surface area contributed by atoms with E-state index in [4.69, 9.17) is 4.74 Å². The number of anilines is 1. The number of amides is 1. The van der Waals surface area contributed by atoms with Crippen molar-refractivity contribution in [3.05, 3.63) is 59.9 Å². The highest BCUT2D eigenvalue weighted by molar-refractivity contribution is 6.06. The molecule has 9 heteroatoms. The van der Waals surface area contributed by atoms with Crippen molar-refractivity contribution in [2.24, 2.45) is 0 Å². The van der Waals surface area contributed by atoms with Gasteiger partial charge in [-0.1, -0.05) is 0 Å². The molecule has 1 aromatic heterocycles. The lowest BCUT2D eigenvalue weighted by Gasteiger charge is -2.19. The maximum absolute atomic E-state index is 13.9. The van der Waals surface area contributed by atoms with Gasteiger partial charge < -0.3 is 9.64 Å². The van der Waals surface area contributed by atoms with E-state index in [9.17, 15) is 13.6 Å².